The van der Waals surface area contributed by atoms with E-state index < -0.39 is 0 Å². The van der Waals surface area contributed by atoms with Gasteiger partial charge in [-0.1, -0.05) is 153 Å². The Morgan fingerprint density at radius 1 is 0.550 bits per heavy atom. The number of furan rings is 2. The number of hydrogen-bond acceptors (Lipinski definition) is 3. The van der Waals surface area contributed by atoms with Crippen LogP contribution in [0.1, 0.15) is 36.6 Å². The van der Waals surface area contributed by atoms with Crippen molar-refractivity contribution in [2.75, 3.05) is 0 Å². The van der Waals surface area contributed by atoms with E-state index in [1.165, 1.54) is 10.8 Å². The molecule has 11 rings (SSSR count). The standard InChI is InChI=1S/C56H40N2O2/c1-4-41(37-17-7-5-8-18-37)35(2)54(38-19-9-6-10-20-38)57-36(3)39-29-31-45-48-33-40(30-32-52(48)59-53(45)34-39)42-23-15-24-46-47-25-16-28-51(56(47)60-55(42)46)58-49-26-13-11-21-43(49)44-22-12-14-27-50(44)58/h5-35,54H,1H2,2-3H3/b57-36+. The van der Waals surface area contributed by atoms with Crippen LogP contribution in [0.2, 0.25) is 0 Å². The van der Waals surface area contributed by atoms with Gasteiger partial charge in [-0.05, 0) is 71.6 Å². The Morgan fingerprint density at radius 2 is 1.20 bits per heavy atom. The lowest BCUT2D eigenvalue weighted by Gasteiger charge is -2.24. The predicted octanol–water partition coefficient (Wildman–Crippen LogP) is 15.3. The summed E-state index contributed by atoms with van der Waals surface area (Å²) in [5, 5.41) is 6.74. The second kappa shape index (κ2) is 14.3. The number of benzene rings is 8. The Morgan fingerprint density at radius 3 is 1.93 bits per heavy atom. The van der Waals surface area contributed by atoms with E-state index in [0.717, 1.165) is 99.7 Å². The molecule has 286 valence electrons. The van der Waals surface area contributed by atoms with Crippen LogP contribution in [-0.4, -0.2) is 10.3 Å². The van der Waals surface area contributed by atoms with Gasteiger partial charge in [0.1, 0.15) is 16.7 Å². The molecule has 0 fully saturated rings. The summed E-state index contributed by atoms with van der Waals surface area (Å²) in [6.07, 6.45) is 0. The van der Waals surface area contributed by atoms with Crippen LogP contribution in [0.25, 0.3) is 88.1 Å². The fourth-order valence-corrected chi connectivity index (χ4v) is 9.27. The normalized spacial score (nSPS) is 13.1. The first-order valence-electron chi connectivity index (χ1n) is 20.5. The Hall–Kier alpha value is -7.65. The highest BCUT2D eigenvalue weighted by atomic mass is 16.3. The summed E-state index contributed by atoms with van der Waals surface area (Å²) in [4.78, 5) is 5.40. The maximum Gasteiger partial charge on any atom is 0.159 e. The first-order valence-corrected chi connectivity index (χ1v) is 20.5. The molecular weight excluding hydrogens is 733 g/mol. The van der Waals surface area contributed by atoms with Crippen LogP contribution in [0.4, 0.5) is 0 Å². The van der Waals surface area contributed by atoms with E-state index in [4.69, 9.17) is 13.8 Å². The average Bonchev–Trinajstić information content (AvgIpc) is 3.98. The number of nitrogens with zero attached hydrogens (tertiary/aromatic N) is 2. The molecule has 2 atom stereocenters. The zero-order chi connectivity index (χ0) is 40.3. The van der Waals surface area contributed by atoms with Crippen molar-refractivity contribution >= 4 is 77.0 Å². The molecule has 0 spiro atoms. The predicted molar refractivity (Wildman–Crippen MR) is 250 cm³/mol. The van der Waals surface area contributed by atoms with Crippen molar-refractivity contribution in [3.63, 3.8) is 0 Å². The molecule has 8 aromatic carbocycles. The second-order valence-corrected chi connectivity index (χ2v) is 15.6. The smallest absolute Gasteiger partial charge is 0.159 e. The van der Waals surface area contributed by atoms with E-state index in [1.807, 2.05) is 12.1 Å². The maximum atomic E-state index is 6.97. The average molecular weight is 773 g/mol. The topological polar surface area (TPSA) is 43.6 Å². The van der Waals surface area contributed by atoms with Gasteiger partial charge in [-0.25, -0.2) is 0 Å². The quantitative estimate of drug-likeness (QED) is 0.114. The van der Waals surface area contributed by atoms with Crippen LogP contribution in [0.3, 0.4) is 0 Å². The van der Waals surface area contributed by atoms with Crippen LogP contribution >= 0.6 is 0 Å². The lowest BCUT2D eigenvalue weighted by molar-refractivity contribution is 0.584. The van der Waals surface area contributed by atoms with Gasteiger partial charge in [0.25, 0.3) is 0 Å². The third kappa shape index (κ3) is 5.73. The molecule has 0 amide bonds. The molecule has 0 N–H and O–H groups in total. The van der Waals surface area contributed by atoms with Gasteiger partial charge in [0.15, 0.2) is 5.58 Å². The van der Waals surface area contributed by atoms with Crippen LogP contribution in [0.15, 0.2) is 208 Å². The summed E-state index contributed by atoms with van der Waals surface area (Å²) >= 11 is 0. The summed E-state index contributed by atoms with van der Waals surface area (Å²) < 4.78 is 15.9. The van der Waals surface area contributed by atoms with Crippen molar-refractivity contribution in [2.24, 2.45) is 10.9 Å². The maximum absolute atomic E-state index is 6.97. The molecule has 2 unspecified atom stereocenters. The van der Waals surface area contributed by atoms with Crippen molar-refractivity contribution < 1.29 is 8.83 Å². The number of aromatic nitrogens is 1. The third-order valence-electron chi connectivity index (χ3n) is 12.2. The highest BCUT2D eigenvalue weighted by molar-refractivity contribution is 6.15. The number of aliphatic imine (C=N–C) groups is 1. The van der Waals surface area contributed by atoms with Crippen LogP contribution < -0.4 is 0 Å². The molecule has 4 nitrogen and oxygen atoms in total. The van der Waals surface area contributed by atoms with E-state index in [1.54, 1.807) is 0 Å². The Bertz CT molecular complexity index is 3470. The summed E-state index contributed by atoms with van der Waals surface area (Å²) in [5.74, 6) is 0.0343. The van der Waals surface area contributed by atoms with E-state index in [2.05, 4.69) is 201 Å². The van der Waals surface area contributed by atoms with Crippen molar-refractivity contribution in [3.8, 4) is 16.8 Å². The molecule has 0 saturated heterocycles. The fraction of sp³-hybridized carbons (Fsp3) is 0.0714. The van der Waals surface area contributed by atoms with Crippen molar-refractivity contribution in [2.45, 2.75) is 19.9 Å². The zero-order valence-electron chi connectivity index (χ0n) is 33.4. The van der Waals surface area contributed by atoms with Crippen LogP contribution in [-0.2, 0) is 0 Å². The van der Waals surface area contributed by atoms with E-state index in [9.17, 15) is 0 Å². The van der Waals surface area contributed by atoms with Gasteiger partial charge in [-0.3, -0.25) is 4.99 Å². The van der Waals surface area contributed by atoms with E-state index >= 15 is 0 Å². The van der Waals surface area contributed by atoms with Crippen molar-refractivity contribution in [3.05, 3.63) is 211 Å². The number of hydrogen-bond donors (Lipinski definition) is 0. The minimum absolute atomic E-state index is 0.0343. The number of rotatable bonds is 8. The monoisotopic (exact) mass is 772 g/mol. The molecule has 60 heavy (non-hydrogen) atoms. The number of fused-ring (bicyclic) bond motifs is 9. The summed E-state index contributed by atoms with van der Waals surface area (Å²) in [5.41, 5.74) is 17.3. The minimum atomic E-state index is -0.136. The molecule has 3 heterocycles. The fourth-order valence-electron chi connectivity index (χ4n) is 9.27. The molecule has 0 radical (unpaired) electrons. The summed E-state index contributed by atoms with van der Waals surface area (Å²) in [6.45, 7) is 8.38. The highest BCUT2D eigenvalue weighted by Gasteiger charge is 2.24. The Labute approximate surface area is 347 Å². The van der Waals surface area contributed by atoms with Gasteiger partial charge in [0, 0.05) is 55.1 Å². The molecule has 0 saturated carbocycles. The van der Waals surface area contributed by atoms with Crippen molar-refractivity contribution in [1.82, 2.24) is 4.57 Å². The van der Waals surface area contributed by atoms with Crippen LogP contribution in [0, 0.1) is 5.92 Å². The molecule has 3 aromatic heterocycles. The summed E-state index contributed by atoms with van der Waals surface area (Å²) in [7, 11) is 0. The summed E-state index contributed by atoms with van der Waals surface area (Å²) in [6, 6.07) is 63.7. The molecule has 0 aliphatic rings. The zero-order valence-corrected chi connectivity index (χ0v) is 33.4. The molecular formula is C56H40N2O2. The lowest BCUT2D eigenvalue weighted by Crippen LogP contribution is -2.12. The van der Waals surface area contributed by atoms with E-state index in [0.29, 0.717) is 0 Å². The van der Waals surface area contributed by atoms with Gasteiger partial charge < -0.3 is 13.4 Å². The van der Waals surface area contributed by atoms with Gasteiger partial charge >= 0.3 is 0 Å². The Balaban J connectivity index is 0.987. The van der Waals surface area contributed by atoms with Crippen molar-refractivity contribution in [1.29, 1.82) is 0 Å². The molecule has 11 aromatic rings. The first kappa shape index (κ1) is 35.5. The first-order chi connectivity index (χ1) is 29.6. The van der Waals surface area contributed by atoms with Crippen LogP contribution in [0.5, 0.6) is 0 Å². The molecule has 0 bridgehead atoms. The van der Waals surface area contributed by atoms with E-state index in [-0.39, 0.29) is 12.0 Å². The molecule has 0 aliphatic carbocycles. The minimum Gasteiger partial charge on any atom is -0.456 e. The second-order valence-electron chi connectivity index (χ2n) is 15.6. The molecule has 0 aliphatic heterocycles. The van der Waals surface area contributed by atoms with Gasteiger partial charge in [-0.15, -0.1) is 5.73 Å². The Kier molecular flexibility index (Phi) is 8.47. The van der Waals surface area contributed by atoms with Gasteiger partial charge in [-0.2, -0.15) is 0 Å². The highest BCUT2D eigenvalue weighted by Crippen LogP contribution is 2.42. The largest absolute Gasteiger partial charge is 0.456 e. The van der Waals surface area contributed by atoms with Gasteiger partial charge in [0.05, 0.1) is 22.8 Å². The lowest BCUT2D eigenvalue weighted by atomic mass is 9.85. The number of para-hydroxylation sites is 4. The molecule has 4 heteroatoms. The third-order valence-corrected chi connectivity index (χ3v) is 12.2. The SMILES string of the molecule is C=C=C(c1ccccc1)C(C)C(/N=C(\C)c1ccc2c(c1)oc1ccc(-c3cccc4c3oc3c(-n5c6ccccc6c6ccccc65)cccc34)cc12)c1ccccc1. The van der Waals surface area contributed by atoms with Gasteiger partial charge in [0.2, 0.25) is 0 Å².